The summed E-state index contributed by atoms with van der Waals surface area (Å²) in [7, 11) is 0. The monoisotopic (exact) mass is 409 g/mol. The number of nitrogens with zero attached hydrogens (tertiary/aromatic N) is 1. The van der Waals surface area contributed by atoms with E-state index in [4.69, 9.17) is 13.9 Å². The number of aliphatic hydroxyl groups excluding tert-OH is 1. The average molecular weight is 409 g/mol. The molecule has 0 bridgehead atoms. The molecule has 30 heavy (non-hydrogen) atoms. The Morgan fingerprint density at radius 1 is 1.03 bits per heavy atom. The number of ketones is 1. The molecule has 7 nitrogen and oxygen atoms in total. The van der Waals surface area contributed by atoms with Crippen LogP contribution in [0.2, 0.25) is 0 Å². The molecule has 3 heterocycles. The Hall–Kier alpha value is -3.22. The number of furan rings is 1. The van der Waals surface area contributed by atoms with Gasteiger partial charge >= 0.3 is 0 Å². The summed E-state index contributed by atoms with van der Waals surface area (Å²) in [5.41, 5.74) is 0.452. The van der Waals surface area contributed by atoms with E-state index in [2.05, 4.69) is 0 Å². The van der Waals surface area contributed by atoms with Crippen LogP contribution in [0, 0.1) is 6.92 Å². The van der Waals surface area contributed by atoms with Crippen LogP contribution in [0.3, 0.4) is 0 Å². The number of fused-ring (bicyclic) bond motifs is 1. The second kappa shape index (κ2) is 7.23. The molecular weight excluding hydrogens is 386 g/mol. The number of amides is 1. The quantitative estimate of drug-likeness (QED) is 0.467. The molecule has 1 aromatic carbocycles. The first-order chi connectivity index (χ1) is 14.5. The number of Topliss-reactive ketones (excluding diaryl/α,β-unsaturated/α-hetero) is 1. The molecule has 2 fully saturated rings. The lowest BCUT2D eigenvalue weighted by atomic mass is 9.92. The van der Waals surface area contributed by atoms with Gasteiger partial charge in [-0.15, -0.1) is 0 Å². The number of benzene rings is 1. The highest BCUT2D eigenvalue weighted by Crippen LogP contribution is 2.44. The zero-order chi connectivity index (χ0) is 20.8. The third-order valence-corrected chi connectivity index (χ3v) is 6.12. The molecule has 1 amide bonds. The minimum atomic E-state index is -0.743. The van der Waals surface area contributed by atoms with Crippen LogP contribution in [0.25, 0.3) is 5.76 Å². The van der Waals surface area contributed by atoms with Gasteiger partial charge in [-0.1, -0.05) is 19.3 Å². The Labute approximate surface area is 173 Å². The molecule has 2 aromatic rings. The smallest absolute Gasteiger partial charge is 0.296 e. The van der Waals surface area contributed by atoms with Gasteiger partial charge in [0.1, 0.15) is 23.3 Å². The molecule has 0 radical (unpaired) electrons. The van der Waals surface area contributed by atoms with Crippen LogP contribution in [-0.2, 0) is 9.59 Å². The van der Waals surface area contributed by atoms with Crippen LogP contribution in [0.1, 0.15) is 55.2 Å². The van der Waals surface area contributed by atoms with Crippen molar-refractivity contribution in [1.82, 2.24) is 4.90 Å². The van der Waals surface area contributed by atoms with E-state index in [9.17, 15) is 14.7 Å². The zero-order valence-corrected chi connectivity index (χ0v) is 16.7. The van der Waals surface area contributed by atoms with E-state index in [1.807, 2.05) is 6.92 Å². The van der Waals surface area contributed by atoms with Crippen LogP contribution in [0.15, 0.2) is 40.3 Å². The maximum Gasteiger partial charge on any atom is 0.296 e. The number of ether oxygens (including phenoxy) is 2. The minimum absolute atomic E-state index is 0.0485. The Morgan fingerprint density at radius 3 is 2.53 bits per heavy atom. The predicted molar refractivity (Wildman–Crippen MR) is 107 cm³/mol. The highest BCUT2D eigenvalue weighted by atomic mass is 16.7. The maximum absolute atomic E-state index is 13.1. The highest BCUT2D eigenvalue weighted by molar-refractivity contribution is 6.46. The molecule has 156 valence electrons. The first kappa shape index (κ1) is 18.8. The fourth-order valence-corrected chi connectivity index (χ4v) is 4.66. The van der Waals surface area contributed by atoms with Gasteiger partial charge in [-0.25, -0.2) is 0 Å². The molecule has 7 heteroatoms. The van der Waals surface area contributed by atoms with Crippen molar-refractivity contribution in [3.63, 3.8) is 0 Å². The Kier molecular flexibility index (Phi) is 4.53. The highest BCUT2D eigenvalue weighted by Gasteiger charge is 2.50. The molecule has 1 saturated carbocycles. The van der Waals surface area contributed by atoms with Crippen LogP contribution >= 0.6 is 0 Å². The summed E-state index contributed by atoms with van der Waals surface area (Å²) in [5, 5.41) is 11.1. The molecule has 1 aromatic heterocycles. The Morgan fingerprint density at radius 2 is 1.80 bits per heavy atom. The van der Waals surface area contributed by atoms with Gasteiger partial charge in [-0.2, -0.15) is 0 Å². The van der Waals surface area contributed by atoms with Gasteiger partial charge in [0, 0.05) is 11.6 Å². The van der Waals surface area contributed by atoms with E-state index in [-0.39, 0.29) is 24.2 Å². The van der Waals surface area contributed by atoms with Crippen LogP contribution in [-0.4, -0.2) is 34.5 Å². The van der Waals surface area contributed by atoms with Gasteiger partial charge < -0.3 is 23.9 Å². The molecule has 2 aliphatic heterocycles. The number of rotatable bonds is 3. The van der Waals surface area contributed by atoms with Gasteiger partial charge in [-0.05, 0) is 50.1 Å². The van der Waals surface area contributed by atoms with E-state index < -0.39 is 17.7 Å². The second-order valence-corrected chi connectivity index (χ2v) is 8.01. The summed E-state index contributed by atoms with van der Waals surface area (Å²) >= 11 is 0. The summed E-state index contributed by atoms with van der Waals surface area (Å²) < 4.78 is 16.6. The molecule has 1 saturated heterocycles. The fourth-order valence-electron chi connectivity index (χ4n) is 4.66. The lowest BCUT2D eigenvalue weighted by Crippen LogP contribution is -2.40. The number of carbonyl (C=O) groups is 2. The minimum Gasteiger partial charge on any atom is -0.507 e. The first-order valence-corrected chi connectivity index (χ1v) is 10.3. The predicted octanol–water partition coefficient (Wildman–Crippen LogP) is 4.07. The van der Waals surface area contributed by atoms with Crippen LogP contribution < -0.4 is 9.47 Å². The number of hydrogen-bond donors (Lipinski definition) is 1. The lowest BCUT2D eigenvalue weighted by molar-refractivity contribution is -0.142. The molecule has 1 aliphatic carbocycles. The number of aliphatic hydroxyl groups is 1. The summed E-state index contributed by atoms with van der Waals surface area (Å²) in [4.78, 5) is 27.8. The van der Waals surface area contributed by atoms with E-state index in [1.165, 1.54) is 0 Å². The molecule has 1 atom stereocenters. The number of aryl methyl sites for hydroxylation is 1. The van der Waals surface area contributed by atoms with Crippen molar-refractivity contribution in [1.29, 1.82) is 0 Å². The van der Waals surface area contributed by atoms with Crippen molar-refractivity contribution in [2.45, 2.75) is 51.1 Å². The largest absolute Gasteiger partial charge is 0.507 e. The van der Waals surface area contributed by atoms with Crippen LogP contribution in [0.4, 0.5) is 0 Å². The van der Waals surface area contributed by atoms with Crippen molar-refractivity contribution in [3.8, 4) is 11.5 Å². The maximum atomic E-state index is 13.1. The van der Waals surface area contributed by atoms with Gasteiger partial charge in [0.15, 0.2) is 11.5 Å². The van der Waals surface area contributed by atoms with E-state index >= 15 is 0 Å². The summed E-state index contributed by atoms with van der Waals surface area (Å²) in [6.07, 6.45) is 4.84. The summed E-state index contributed by atoms with van der Waals surface area (Å²) in [5.74, 6) is 0.738. The molecule has 3 aliphatic rings. The number of likely N-dealkylation sites (tertiary alicyclic amines) is 1. The normalized spacial score (nSPS) is 23.4. The van der Waals surface area contributed by atoms with Gasteiger partial charge in [0.05, 0.1) is 5.57 Å². The molecule has 5 rings (SSSR count). The van der Waals surface area contributed by atoms with E-state index in [0.29, 0.717) is 28.6 Å². The number of hydrogen-bond acceptors (Lipinski definition) is 6. The topological polar surface area (TPSA) is 89.2 Å². The van der Waals surface area contributed by atoms with Crippen LogP contribution in [0.5, 0.6) is 11.5 Å². The third-order valence-electron chi connectivity index (χ3n) is 6.12. The average Bonchev–Trinajstić information content (AvgIpc) is 3.46. The molecular formula is C23H23NO6. The van der Waals surface area contributed by atoms with Crippen molar-refractivity contribution in [2.24, 2.45) is 0 Å². The van der Waals surface area contributed by atoms with Crippen molar-refractivity contribution in [3.05, 3.63) is 53.0 Å². The SMILES string of the molecule is Cc1ccc(C2/C(=C(/O)c3ccc4c(c3)OCO4)C(=O)C(=O)N2C2CCCCC2)o1. The standard InChI is InChI=1S/C23H23NO6/c1-13-7-9-17(30-13)20-19(21(25)14-8-10-16-18(11-14)29-12-28-16)22(26)23(27)24(20)15-5-3-2-4-6-15/h7-11,15,20,25H,2-6,12H2,1H3/b21-19-. The first-order valence-electron chi connectivity index (χ1n) is 10.3. The van der Waals surface area contributed by atoms with Crippen molar-refractivity contribution in [2.75, 3.05) is 6.79 Å². The summed E-state index contributed by atoms with van der Waals surface area (Å²) in [6, 6.07) is 7.74. The third kappa shape index (κ3) is 2.96. The van der Waals surface area contributed by atoms with Crippen molar-refractivity contribution < 1.29 is 28.6 Å². The van der Waals surface area contributed by atoms with Crippen molar-refractivity contribution >= 4 is 17.4 Å². The van der Waals surface area contributed by atoms with Gasteiger partial charge in [-0.3, -0.25) is 9.59 Å². The number of carbonyl (C=O) groups excluding carboxylic acids is 2. The lowest BCUT2D eigenvalue weighted by Gasteiger charge is -2.34. The Balaban J connectivity index is 1.63. The van der Waals surface area contributed by atoms with Gasteiger partial charge in [0.25, 0.3) is 11.7 Å². The molecule has 0 spiro atoms. The van der Waals surface area contributed by atoms with E-state index in [0.717, 1.165) is 32.1 Å². The Bertz CT molecular complexity index is 1050. The van der Waals surface area contributed by atoms with Gasteiger partial charge in [0.2, 0.25) is 6.79 Å². The fraction of sp³-hybridized carbons (Fsp3) is 0.391. The zero-order valence-electron chi connectivity index (χ0n) is 16.7. The molecule has 1 N–H and O–H groups in total. The van der Waals surface area contributed by atoms with E-state index in [1.54, 1.807) is 35.2 Å². The molecule has 1 unspecified atom stereocenters. The second-order valence-electron chi connectivity index (χ2n) is 8.01. The summed E-state index contributed by atoms with van der Waals surface area (Å²) in [6.45, 7) is 1.92.